The Morgan fingerprint density at radius 2 is 2.00 bits per heavy atom. The number of likely N-dealkylation sites (tertiary alicyclic amines) is 2. The molecule has 0 unspecified atom stereocenters. The summed E-state index contributed by atoms with van der Waals surface area (Å²) in [5, 5.41) is 2.15. The molecule has 3 heterocycles. The lowest BCUT2D eigenvalue weighted by Crippen LogP contribution is -2.55. The van der Waals surface area contributed by atoms with Gasteiger partial charge in [-0.2, -0.15) is 0 Å². The summed E-state index contributed by atoms with van der Waals surface area (Å²) in [5.41, 5.74) is 1.11. The number of amides is 1. The number of carbonyl (C=O) groups is 1. The van der Waals surface area contributed by atoms with E-state index < -0.39 is 0 Å². The molecule has 2 aliphatic heterocycles. The van der Waals surface area contributed by atoms with Crippen molar-refractivity contribution in [2.45, 2.75) is 44.7 Å². The molecule has 6 heteroatoms. The zero-order valence-electron chi connectivity index (χ0n) is 18.0. The Hall–Kier alpha value is -2.05. The van der Waals surface area contributed by atoms with Gasteiger partial charge in [-0.15, -0.1) is 11.3 Å². The molecule has 2 saturated heterocycles. The molecule has 0 spiro atoms. The van der Waals surface area contributed by atoms with Crippen molar-refractivity contribution in [2.24, 2.45) is 5.92 Å². The lowest BCUT2D eigenvalue weighted by atomic mass is 9.83. The molecule has 0 saturated carbocycles. The summed E-state index contributed by atoms with van der Waals surface area (Å²) < 4.78 is 10.7. The van der Waals surface area contributed by atoms with Crippen molar-refractivity contribution in [3.8, 4) is 11.5 Å². The number of benzene rings is 1. The van der Waals surface area contributed by atoms with Crippen molar-refractivity contribution in [1.82, 2.24) is 9.80 Å². The van der Waals surface area contributed by atoms with Gasteiger partial charge in [-0.3, -0.25) is 9.69 Å². The SMILES string of the molecule is COc1ccc(CCC(=O)N2CCC[C@@H]3CN(Cc4cccs4)CC[C@H]32)cc1OC. The summed E-state index contributed by atoms with van der Waals surface area (Å²) in [5.74, 6) is 2.35. The lowest BCUT2D eigenvalue weighted by molar-refractivity contribution is -0.138. The number of hydrogen-bond acceptors (Lipinski definition) is 5. The van der Waals surface area contributed by atoms with Crippen molar-refractivity contribution >= 4 is 17.2 Å². The molecular formula is C24H32N2O3S. The molecule has 4 rings (SSSR count). The average molecular weight is 429 g/mol. The van der Waals surface area contributed by atoms with Gasteiger partial charge in [0.1, 0.15) is 0 Å². The van der Waals surface area contributed by atoms with Crippen molar-refractivity contribution < 1.29 is 14.3 Å². The van der Waals surface area contributed by atoms with E-state index in [0.717, 1.165) is 62.5 Å². The highest BCUT2D eigenvalue weighted by molar-refractivity contribution is 7.09. The van der Waals surface area contributed by atoms with Gasteiger partial charge < -0.3 is 14.4 Å². The van der Waals surface area contributed by atoms with Crippen LogP contribution in [0.4, 0.5) is 0 Å². The van der Waals surface area contributed by atoms with E-state index in [1.54, 1.807) is 14.2 Å². The van der Waals surface area contributed by atoms with Gasteiger partial charge >= 0.3 is 0 Å². The lowest BCUT2D eigenvalue weighted by Gasteiger charge is -2.47. The van der Waals surface area contributed by atoms with E-state index in [2.05, 4.69) is 27.3 Å². The van der Waals surface area contributed by atoms with Crippen LogP contribution in [0.2, 0.25) is 0 Å². The topological polar surface area (TPSA) is 42.0 Å². The minimum absolute atomic E-state index is 0.297. The Kier molecular flexibility index (Phi) is 6.95. The second-order valence-corrected chi connectivity index (χ2v) is 9.38. The first kappa shape index (κ1) is 21.2. The third kappa shape index (κ3) is 4.81. The molecule has 30 heavy (non-hydrogen) atoms. The van der Waals surface area contributed by atoms with Gasteiger partial charge in [-0.25, -0.2) is 0 Å². The predicted molar refractivity (Wildman–Crippen MR) is 120 cm³/mol. The third-order valence-corrected chi connectivity index (χ3v) is 7.37. The summed E-state index contributed by atoms with van der Waals surface area (Å²) in [4.78, 5) is 19.3. The molecule has 0 bridgehead atoms. The Labute approximate surface area is 183 Å². The van der Waals surface area contributed by atoms with E-state index in [1.165, 1.54) is 11.3 Å². The van der Waals surface area contributed by atoms with E-state index in [1.807, 2.05) is 29.5 Å². The Morgan fingerprint density at radius 1 is 1.13 bits per heavy atom. The molecule has 0 N–H and O–H groups in total. The first-order valence-corrected chi connectivity index (χ1v) is 11.8. The Morgan fingerprint density at radius 3 is 2.77 bits per heavy atom. The van der Waals surface area contributed by atoms with Crippen LogP contribution < -0.4 is 9.47 Å². The normalized spacial score (nSPS) is 21.9. The number of methoxy groups -OCH3 is 2. The number of thiophene rings is 1. The number of nitrogens with zero attached hydrogens (tertiary/aromatic N) is 2. The van der Waals surface area contributed by atoms with Gasteiger partial charge in [0, 0.05) is 43.5 Å². The van der Waals surface area contributed by atoms with Gasteiger partial charge in [0.2, 0.25) is 5.91 Å². The zero-order chi connectivity index (χ0) is 20.9. The first-order chi connectivity index (χ1) is 14.7. The quantitative estimate of drug-likeness (QED) is 0.663. The molecule has 0 aliphatic carbocycles. The molecule has 1 amide bonds. The fraction of sp³-hybridized carbons (Fsp3) is 0.542. The second-order valence-electron chi connectivity index (χ2n) is 8.35. The zero-order valence-corrected chi connectivity index (χ0v) is 18.8. The fourth-order valence-corrected chi connectivity index (χ4v) is 5.73. The summed E-state index contributed by atoms with van der Waals surface area (Å²) in [6, 6.07) is 10.7. The number of ether oxygens (including phenoxy) is 2. The molecule has 2 atom stereocenters. The van der Waals surface area contributed by atoms with Crippen LogP contribution in [0.15, 0.2) is 35.7 Å². The number of piperidine rings is 2. The van der Waals surface area contributed by atoms with E-state index in [4.69, 9.17) is 9.47 Å². The molecule has 0 radical (unpaired) electrons. The van der Waals surface area contributed by atoms with Crippen LogP contribution in [0.3, 0.4) is 0 Å². The monoisotopic (exact) mass is 428 g/mol. The van der Waals surface area contributed by atoms with E-state index in [0.29, 0.717) is 24.3 Å². The van der Waals surface area contributed by atoms with Crippen molar-refractivity contribution in [3.63, 3.8) is 0 Å². The number of aryl methyl sites for hydroxylation is 1. The highest BCUT2D eigenvalue weighted by Crippen LogP contribution is 2.33. The van der Waals surface area contributed by atoms with Crippen molar-refractivity contribution in [2.75, 3.05) is 33.9 Å². The van der Waals surface area contributed by atoms with Crippen LogP contribution in [0, 0.1) is 5.92 Å². The maximum Gasteiger partial charge on any atom is 0.223 e. The van der Waals surface area contributed by atoms with Crippen LogP contribution in [-0.4, -0.2) is 55.6 Å². The van der Waals surface area contributed by atoms with Crippen LogP contribution >= 0.6 is 11.3 Å². The molecule has 2 aromatic rings. The average Bonchev–Trinajstić information content (AvgIpc) is 3.29. The Balaban J connectivity index is 1.33. The summed E-state index contributed by atoms with van der Waals surface area (Å²) in [7, 11) is 3.28. The highest BCUT2D eigenvalue weighted by atomic mass is 32.1. The van der Waals surface area contributed by atoms with E-state index in [-0.39, 0.29) is 0 Å². The maximum absolute atomic E-state index is 13.1. The first-order valence-electron chi connectivity index (χ1n) is 10.9. The summed E-state index contributed by atoms with van der Waals surface area (Å²) in [6.07, 6.45) is 4.74. The standard InChI is InChI=1S/C24H32N2O3S/c1-28-22-9-7-18(15-23(22)29-2)8-10-24(27)26-12-3-5-19-16-25(13-11-21(19)26)17-20-6-4-14-30-20/h4,6-7,9,14-15,19,21H,3,5,8,10-13,16-17H2,1-2H3/t19-,21-/m1/s1. The highest BCUT2D eigenvalue weighted by Gasteiger charge is 2.37. The number of carbonyl (C=O) groups excluding carboxylic acids is 1. The van der Waals surface area contributed by atoms with Crippen LogP contribution in [0.5, 0.6) is 11.5 Å². The molecule has 5 nitrogen and oxygen atoms in total. The molecule has 2 fully saturated rings. The molecule has 162 valence electrons. The van der Waals surface area contributed by atoms with Gasteiger partial charge in [0.25, 0.3) is 0 Å². The number of rotatable bonds is 7. The smallest absolute Gasteiger partial charge is 0.223 e. The van der Waals surface area contributed by atoms with E-state index in [9.17, 15) is 4.79 Å². The minimum Gasteiger partial charge on any atom is -0.493 e. The van der Waals surface area contributed by atoms with Gasteiger partial charge in [-0.05, 0) is 60.7 Å². The van der Waals surface area contributed by atoms with Crippen LogP contribution in [0.25, 0.3) is 0 Å². The summed E-state index contributed by atoms with van der Waals surface area (Å²) >= 11 is 1.84. The number of fused-ring (bicyclic) bond motifs is 1. The summed E-state index contributed by atoms with van der Waals surface area (Å²) in [6.45, 7) is 4.16. The minimum atomic E-state index is 0.297. The van der Waals surface area contributed by atoms with Gasteiger partial charge in [-0.1, -0.05) is 12.1 Å². The second kappa shape index (κ2) is 9.84. The van der Waals surface area contributed by atoms with Crippen LogP contribution in [0.1, 0.15) is 36.1 Å². The van der Waals surface area contributed by atoms with Gasteiger partial charge in [0.05, 0.1) is 14.2 Å². The van der Waals surface area contributed by atoms with Crippen LogP contribution in [-0.2, 0) is 17.8 Å². The largest absolute Gasteiger partial charge is 0.493 e. The Bertz CT molecular complexity index is 839. The van der Waals surface area contributed by atoms with Crippen molar-refractivity contribution in [1.29, 1.82) is 0 Å². The molecule has 1 aromatic heterocycles. The predicted octanol–water partition coefficient (Wildman–Crippen LogP) is 4.21. The number of hydrogen-bond donors (Lipinski definition) is 0. The fourth-order valence-electron chi connectivity index (χ4n) is 4.99. The van der Waals surface area contributed by atoms with E-state index >= 15 is 0 Å². The molecule has 1 aromatic carbocycles. The molecule has 2 aliphatic rings. The molecular weight excluding hydrogens is 396 g/mol. The maximum atomic E-state index is 13.1. The third-order valence-electron chi connectivity index (χ3n) is 6.51. The van der Waals surface area contributed by atoms with Crippen molar-refractivity contribution in [3.05, 3.63) is 46.2 Å². The van der Waals surface area contributed by atoms with Gasteiger partial charge in [0.15, 0.2) is 11.5 Å².